The Morgan fingerprint density at radius 2 is 2.00 bits per heavy atom. The lowest BCUT2D eigenvalue weighted by atomic mass is 10.2. The molecule has 0 aliphatic carbocycles. The second-order valence-electron chi connectivity index (χ2n) is 3.91. The molecule has 1 aromatic rings. The Morgan fingerprint density at radius 3 is 2.56 bits per heavy atom. The summed E-state index contributed by atoms with van der Waals surface area (Å²) in [6, 6.07) is 9.70. The predicted octanol–water partition coefficient (Wildman–Crippen LogP) is 0.776. The molecule has 1 atom stereocenters. The van der Waals surface area contributed by atoms with Crippen LogP contribution in [0.5, 0.6) is 0 Å². The summed E-state index contributed by atoms with van der Waals surface area (Å²) in [5, 5.41) is 8.66. The zero-order valence-electron chi connectivity index (χ0n) is 10.5. The first-order valence-electron chi connectivity index (χ1n) is 5.95. The quantitative estimate of drug-likeness (QED) is 0.795. The standard InChI is InChI=1S/C13H19NO3S/c1-2-14(10-12-6-4-3-5-7-12)13(16)11-18(17)9-8-15/h3-7,15H,2,8-11H2,1H3. The first-order chi connectivity index (χ1) is 8.67. The molecule has 0 aliphatic rings. The molecule has 1 unspecified atom stereocenters. The highest BCUT2D eigenvalue weighted by atomic mass is 32.2. The van der Waals surface area contributed by atoms with Gasteiger partial charge in [-0.25, -0.2) is 0 Å². The molecule has 0 fully saturated rings. The topological polar surface area (TPSA) is 57.6 Å². The van der Waals surface area contributed by atoms with E-state index in [1.807, 2.05) is 37.3 Å². The molecule has 5 heteroatoms. The number of rotatable bonds is 7. The van der Waals surface area contributed by atoms with Crippen molar-refractivity contribution in [2.24, 2.45) is 0 Å². The summed E-state index contributed by atoms with van der Waals surface area (Å²) in [6.07, 6.45) is 0. The molecule has 0 saturated heterocycles. The number of amides is 1. The second kappa shape index (κ2) is 8.00. The Bertz CT molecular complexity index is 394. The largest absolute Gasteiger partial charge is 0.395 e. The molecule has 0 heterocycles. The van der Waals surface area contributed by atoms with E-state index in [1.165, 1.54) is 0 Å². The summed E-state index contributed by atoms with van der Waals surface area (Å²) in [6.45, 7) is 2.87. The van der Waals surface area contributed by atoms with Gasteiger partial charge in [0.2, 0.25) is 5.91 Å². The van der Waals surface area contributed by atoms with E-state index in [0.717, 1.165) is 5.56 Å². The Hall–Kier alpha value is -1.20. The lowest BCUT2D eigenvalue weighted by molar-refractivity contribution is -0.128. The molecule has 18 heavy (non-hydrogen) atoms. The van der Waals surface area contributed by atoms with Crippen molar-refractivity contribution in [2.75, 3.05) is 24.7 Å². The third-order valence-electron chi connectivity index (χ3n) is 2.55. The molecule has 1 N–H and O–H groups in total. The van der Waals surface area contributed by atoms with Gasteiger partial charge in [0.1, 0.15) is 5.75 Å². The minimum absolute atomic E-state index is 0.0127. The van der Waals surface area contributed by atoms with Gasteiger partial charge in [0, 0.05) is 29.6 Å². The van der Waals surface area contributed by atoms with Crippen LogP contribution in [0.1, 0.15) is 12.5 Å². The molecule has 0 radical (unpaired) electrons. The fourth-order valence-corrected chi connectivity index (χ4v) is 2.39. The predicted molar refractivity (Wildman–Crippen MR) is 72.5 cm³/mol. The lowest BCUT2D eigenvalue weighted by Crippen LogP contribution is -2.34. The van der Waals surface area contributed by atoms with E-state index in [0.29, 0.717) is 13.1 Å². The van der Waals surface area contributed by atoms with Crippen molar-refractivity contribution in [3.63, 3.8) is 0 Å². The molecular weight excluding hydrogens is 250 g/mol. The first-order valence-corrected chi connectivity index (χ1v) is 7.43. The Labute approximate surface area is 110 Å². The highest BCUT2D eigenvalue weighted by Gasteiger charge is 2.14. The van der Waals surface area contributed by atoms with Gasteiger partial charge in [0.25, 0.3) is 0 Å². The number of carbonyl (C=O) groups excluding carboxylic acids is 1. The highest BCUT2D eigenvalue weighted by molar-refractivity contribution is 7.85. The molecule has 0 aromatic heterocycles. The number of hydrogen-bond acceptors (Lipinski definition) is 3. The van der Waals surface area contributed by atoms with Gasteiger partial charge in [-0.15, -0.1) is 0 Å². The number of nitrogens with zero attached hydrogens (tertiary/aromatic N) is 1. The normalized spacial score (nSPS) is 12.1. The first kappa shape index (κ1) is 14.9. The molecule has 0 aliphatic heterocycles. The fourth-order valence-electron chi connectivity index (χ4n) is 1.58. The average molecular weight is 269 g/mol. The van der Waals surface area contributed by atoms with Gasteiger partial charge in [-0.1, -0.05) is 30.3 Å². The highest BCUT2D eigenvalue weighted by Crippen LogP contribution is 2.05. The molecule has 0 bridgehead atoms. The molecule has 4 nitrogen and oxygen atoms in total. The molecule has 0 spiro atoms. The third-order valence-corrected chi connectivity index (χ3v) is 3.76. The van der Waals surface area contributed by atoms with E-state index >= 15 is 0 Å². The summed E-state index contributed by atoms with van der Waals surface area (Å²) in [7, 11) is -1.27. The van der Waals surface area contributed by atoms with Crippen LogP contribution in [0.2, 0.25) is 0 Å². The summed E-state index contributed by atoms with van der Waals surface area (Å²) >= 11 is 0. The van der Waals surface area contributed by atoms with Crippen LogP contribution < -0.4 is 0 Å². The van der Waals surface area contributed by atoms with Gasteiger partial charge in [-0.3, -0.25) is 9.00 Å². The van der Waals surface area contributed by atoms with E-state index in [-0.39, 0.29) is 24.0 Å². The lowest BCUT2D eigenvalue weighted by Gasteiger charge is -2.20. The molecule has 1 amide bonds. The van der Waals surface area contributed by atoms with E-state index in [1.54, 1.807) is 4.90 Å². The molecule has 1 rings (SSSR count). The smallest absolute Gasteiger partial charge is 0.235 e. The van der Waals surface area contributed by atoms with Crippen LogP contribution in [0, 0.1) is 0 Å². The third kappa shape index (κ3) is 4.98. The number of carbonyl (C=O) groups is 1. The fraction of sp³-hybridized carbons (Fsp3) is 0.462. The molecule has 100 valence electrons. The van der Waals surface area contributed by atoms with Crippen molar-refractivity contribution in [3.05, 3.63) is 35.9 Å². The van der Waals surface area contributed by atoms with Gasteiger partial charge < -0.3 is 10.0 Å². The van der Waals surface area contributed by atoms with Gasteiger partial charge in [-0.05, 0) is 12.5 Å². The van der Waals surface area contributed by atoms with Crippen molar-refractivity contribution in [1.82, 2.24) is 4.90 Å². The van der Waals surface area contributed by atoms with Crippen molar-refractivity contribution in [1.29, 1.82) is 0 Å². The molecular formula is C13H19NO3S. The van der Waals surface area contributed by atoms with E-state index < -0.39 is 10.8 Å². The summed E-state index contributed by atoms with van der Waals surface area (Å²) in [5.74, 6) is 0.0173. The average Bonchev–Trinajstić information content (AvgIpc) is 2.37. The Balaban J connectivity index is 2.55. The maximum Gasteiger partial charge on any atom is 0.235 e. The van der Waals surface area contributed by atoms with Crippen LogP contribution in [-0.4, -0.2) is 44.8 Å². The van der Waals surface area contributed by atoms with Crippen molar-refractivity contribution >= 4 is 16.7 Å². The van der Waals surface area contributed by atoms with Crippen LogP contribution in [0.4, 0.5) is 0 Å². The molecule has 1 aromatic carbocycles. The van der Waals surface area contributed by atoms with Gasteiger partial charge in [0.15, 0.2) is 0 Å². The van der Waals surface area contributed by atoms with Crippen molar-refractivity contribution in [3.8, 4) is 0 Å². The van der Waals surface area contributed by atoms with Gasteiger partial charge in [-0.2, -0.15) is 0 Å². The van der Waals surface area contributed by atoms with E-state index in [2.05, 4.69) is 0 Å². The van der Waals surface area contributed by atoms with Gasteiger partial charge in [0.05, 0.1) is 6.61 Å². The van der Waals surface area contributed by atoms with Crippen LogP contribution in [0.3, 0.4) is 0 Å². The maximum absolute atomic E-state index is 11.9. The van der Waals surface area contributed by atoms with Crippen LogP contribution in [-0.2, 0) is 22.1 Å². The number of hydrogen-bond donors (Lipinski definition) is 1. The SMILES string of the molecule is CCN(Cc1ccccc1)C(=O)CS(=O)CCO. The number of aliphatic hydroxyl groups is 1. The zero-order valence-corrected chi connectivity index (χ0v) is 11.4. The van der Waals surface area contributed by atoms with E-state index in [9.17, 15) is 9.00 Å². The monoisotopic (exact) mass is 269 g/mol. The summed E-state index contributed by atoms with van der Waals surface area (Å²) in [5.41, 5.74) is 1.06. The zero-order chi connectivity index (χ0) is 13.4. The second-order valence-corrected chi connectivity index (χ2v) is 5.48. The number of benzene rings is 1. The minimum Gasteiger partial charge on any atom is -0.395 e. The summed E-state index contributed by atoms with van der Waals surface area (Å²) in [4.78, 5) is 13.6. The van der Waals surface area contributed by atoms with Crippen LogP contribution in [0.25, 0.3) is 0 Å². The minimum atomic E-state index is -1.27. The van der Waals surface area contributed by atoms with Gasteiger partial charge >= 0.3 is 0 Å². The Morgan fingerprint density at radius 1 is 1.33 bits per heavy atom. The van der Waals surface area contributed by atoms with E-state index in [4.69, 9.17) is 5.11 Å². The Kier molecular flexibility index (Phi) is 6.60. The van der Waals surface area contributed by atoms with Crippen molar-refractivity contribution in [2.45, 2.75) is 13.5 Å². The maximum atomic E-state index is 11.9. The van der Waals surface area contributed by atoms with Crippen LogP contribution in [0.15, 0.2) is 30.3 Å². The van der Waals surface area contributed by atoms with Crippen molar-refractivity contribution < 1.29 is 14.1 Å². The number of aliphatic hydroxyl groups excluding tert-OH is 1. The molecule has 0 saturated carbocycles. The summed E-state index contributed by atoms with van der Waals surface area (Å²) < 4.78 is 11.4. The van der Waals surface area contributed by atoms with Crippen LogP contribution >= 0.6 is 0 Å².